The first-order valence-corrected chi connectivity index (χ1v) is 7.06. The molecular formula is C11H22N2O4S. The van der Waals surface area contributed by atoms with E-state index in [1.807, 2.05) is 13.8 Å². The SMILES string of the molecule is CSC(=O)NCCOCCNC(=O)COC(C)C. The van der Waals surface area contributed by atoms with Crippen molar-refractivity contribution >= 4 is 22.9 Å². The Hall–Kier alpha value is -0.790. The van der Waals surface area contributed by atoms with Crippen LogP contribution in [0.15, 0.2) is 0 Å². The third-order valence-electron chi connectivity index (χ3n) is 1.82. The average Bonchev–Trinajstić information content (AvgIpc) is 2.34. The lowest BCUT2D eigenvalue weighted by molar-refractivity contribution is -0.127. The Kier molecular flexibility index (Phi) is 10.8. The van der Waals surface area contributed by atoms with Gasteiger partial charge in [-0.3, -0.25) is 9.59 Å². The Morgan fingerprint density at radius 1 is 1.17 bits per heavy atom. The predicted molar refractivity (Wildman–Crippen MR) is 71.8 cm³/mol. The molecule has 0 heterocycles. The summed E-state index contributed by atoms with van der Waals surface area (Å²) in [7, 11) is 0. The van der Waals surface area contributed by atoms with E-state index in [-0.39, 0.29) is 23.9 Å². The molecule has 0 rings (SSSR count). The molecule has 7 heteroatoms. The molecule has 0 aliphatic carbocycles. The molecule has 0 aromatic rings. The van der Waals surface area contributed by atoms with Gasteiger partial charge < -0.3 is 20.1 Å². The van der Waals surface area contributed by atoms with E-state index in [1.54, 1.807) is 6.26 Å². The van der Waals surface area contributed by atoms with Gasteiger partial charge in [0, 0.05) is 13.1 Å². The van der Waals surface area contributed by atoms with E-state index < -0.39 is 0 Å². The summed E-state index contributed by atoms with van der Waals surface area (Å²) in [6.45, 7) is 5.59. The molecule has 6 nitrogen and oxygen atoms in total. The molecule has 0 aromatic carbocycles. The first-order valence-electron chi connectivity index (χ1n) is 5.84. The van der Waals surface area contributed by atoms with Crippen LogP contribution in [-0.2, 0) is 14.3 Å². The van der Waals surface area contributed by atoms with E-state index in [2.05, 4.69) is 10.6 Å². The quantitative estimate of drug-likeness (QED) is 0.605. The van der Waals surface area contributed by atoms with Crippen molar-refractivity contribution in [1.29, 1.82) is 0 Å². The van der Waals surface area contributed by atoms with Crippen molar-refractivity contribution in [3.8, 4) is 0 Å². The number of carbonyl (C=O) groups is 2. The maximum atomic E-state index is 11.2. The molecule has 0 aliphatic heterocycles. The molecule has 0 atom stereocenters. The first kappa shape index (κ1) is 17.2. The van der Waals surface area contributed by atoms with E-state index in [4.69, 9.17) is 9.47 Å². The van der Waals surface area contributed by atoms with Gasteiger partial charge in [0.1, 0.15) is 6.61 Å². The number of ether oxygens (including phenoxy) is 2. The van der Waals surface area contributed by atoms with E-state index >= 15 is 0 Å². The summed E-state index contributed by atoms with van der Waals surface area (Å²) in [6.07, 6.45) is 1.76. The number of amides is 2. The summed E-state index contributed by atoms with van der Waals surface area (Å²) in [4.78, 5) is 22.1. The maximum Gasteiger partial charge on any atom is 0.278 e. The van der Waals surface area contributed by atoms with Crippen LogP contribution >= 0.6 is 11.8 Å². The van der Waals surface area contributed by atoms with Gasteiger partial charge >= 0.3 is 0 Å². The van der Waals surface area contributed by atoms with Gasteiger partial charge in [0.05, 0.1) is 19.3 Å². The van der Waals surface area contributed by atoms with Gasteiger partial charge in [-0.15, -0.1) is 0 Å². The van der Waals surface area contributed by atoms with Crippen LogP contribution in [0.1, 0.15) is 13.8 Å². The highest BCUT2D eigenvalue weighted by Gasteiger charge is 2.02. The normalized spacial score (nSPS) is 10.4. The van der Waals surface area contributed by atoms with E-state index in [0.29, 0.717) is 26.3 Å². The van der Waals surface area contributed by atoms with Gasteiger partial charge in [-0.1, -0.05) is 11.8 Å². The zero-order chi connectivity index (χ0) is 13.8. The molecule has 0 spiro atoms. The van der Waals surface area contributed by atoms with E-state index in [9.17, 15) is 9.59 Å². The molecule has 106 valence electrons. The van der Waals surface area contributed by atoms with Crippen molar-refractivity contribution in [2.45, 2.75) is 20.0 Å². The highest BCUT2D eigenvalue weighted by molar-refractivity contribution is 8.12. The number of hydrogen-bond acceptors (Lipinski definition) is 5. The number of thioether (sulfide) groups is 1. The van der Waals surface area contributed by atoms with Crippen molar-refractivity contribution in [3.05, 3.63) is 0 Å². The molecular weight excluding hydrogens is 256 g/mol. The topological polar surface area (TPSA) is 76.7 Å². The van der Waals surface area contributed by atoms with Crippen LogP contribution in [0, 0.1) is 0 Å². The van der Waals surface area contributed by atoms with Gasteiger partial charge in [-0.05, 0) is 20.1 Å². The molecule has 18 heavy (non-hydrogen) atoms. The minimum Gasteiger partial charge on any atom is -0.378 e. The van der Waals surface area contributed by atoms with Crippen LogP contribution in [-0.4, -0.2) is 56.4 Å². The number of nitrogens with one attached hydrogen (secondary N) is 2. The summed E-state index contributed by atoms with van der Waals surface area (Å²) in [5.74, 6) is -0.150. The Morgan fingerprint density at radius 2 is 1.78 bits per heavy atom. The minimum absolute atomic E-state index is 0.0482. The van der Waals surface area contributed by atoms with Crippen molar-refractivity contribution < 1.29 is 19.1 Å². The molecule has 0 saturated carbocycles. The third-order valence-corrected chi connectivity index (χ3v) is 2.33. The van der Waals surface area contributed by atoms with Crippen molar-refractivity contribution in [1.82, 2.24) is 10.6 Å². The van der Waals surface area contributed by atoms with Gasteiger partial charge in [-0.2, -0.15) is 0 Å². The van der Waals surface area contributed by atoms with Crippen LogP contribution in [0.25, 0.3) is 0 Å². The second-order valence-electron chi connectivity index (χ2n) is 3.74. The molecule has 0 aliphatic rings. The predicted octanol–water partition coefficient (Wildman–Crippen LogP) is 0.617. The molecule has 0 fully saturated rings. The lowest BCUT2D eigenvalue weighted by atomic mass is 10.5. The van der Waals surface area contributed by atoms with Crippen molar-refractivity contribution in [3.63, 3.8) is 0 Å². The van der Waals surface area contributed by atoms with Crippen LogP contribution in [0.5, 0.6) is 0 Å². The van der Waals surface area contributed by atoms with Crippen molar-refractivity contribution in [2.24, 2.45) is 0 Å². The molecule has 2 amide bonds. The smallest absolute Gasteiger partial charge is 0.278 e. The zero-order valence-electron chi connectivity index (χ0n) is 11.2. The summed E-state index contributed by atoms with van der Waals surface area (Å²) < 4.78 is 10.4. The third kappa shape index (κ3) is 11.7. The van der Waals surface area contributed by atoms with Crippen LogP contribution in [0.4, 0.5) is 4.79 Å². The van der Waals surface area contributed by atoms with Gasteiger partial charge in [0.25, 0.3) is 5.24 Å². The Bertz CT molecular complexity index is 249. The van der Waals surface area contributed by atoms with E-state index in [1.165, 1.54) is 0 Å². The fourth-order valence-electron chi connectivity index (χ4n) is 0.955. The van der Waals surface area contributed by atoms with Gasteiger partial charge in [0.15, 0.2) is 0 Å². The van der Waals surface area contributed by atoms with Crippen LogP contribution < -0.4 is 10.6 Å². The molecule has 0 aromatic heterocycles. The fourth-order valence-corrected chi connectivity index (χ4v) is 1.20. The molecule has 2 N–H and O–H groups in total. The summed E-state index contributed by atoms with van der Waals surface area (Å²) in [5.41, 5.74) is 0. The number of carbonyl (C=O) groups excluding carboxylic acids is 2. The lowest BCUT2D eigenvalue weighted by Gasteiger charge is -2.09. The molecule has 0 radical (unpaired) electrons. The van der Waals surface area contributed by atoms with Crippen LogP contribution in [0.3, 0.4) is 0 Å². The Balaban J connectivity index is 3.25. The second-order valence-corrected chi connectivity index (χ2v) is 4.52. The highest BCUT2D eigenvalue weighted by Crippen LogP contribution is 1.91. The number of rotatable bonds is 9. The van der Waals surface area contributed by atoms with E-state index in [0.717, 1.165) is 11.8 Å². The van der Waals surface area contributed by atoms with Crippen molar-refractivity contribution in [2.75, 3.05) is 39.2 Å². The maximum absolute atomic E-state index is 11.2. The fraction of sp³-hybridized carbons (Fsp3) is 0.818. The minimum atomic E-state index is -0.150. The zero-order valence-corrected chi connectivity index (χ0v) is 12.0. The molecule has 0 unspecified atom stereocenters. The van der Waals surface area contributed by atoms with Gasteiger partial charge in [-0.25, -0.2) is 0 Å². The lowest BCUT2D eigenvalue weighted by Crippen LogP contribution is -2.32. The monoisotopic (exact) mass is 278 g/mol. The summed E-state index contributed by atoms with van der Waals surface area (Å²) in [5, 5.41) is 5.25. The van der Waals surface area contributed by atoms with Crippen LogP contribution in [0.2, 0.25) is 0 Å². The summed E-state index contributed by atoms with van der Waals surface area (Å²) in [6, 6.07) is 0. The summed E-state index contributed by atoms with van der Waals surface area (Å²) >= 11 is 1.13. The van der Waals surface area contributed by atoms with Gasteiger partial charge in [0.2, 0.25) is 5.91 Å². The Morgan fingerprint density at radius 3 is 2.33 bits per heavy atom. The molecule has 0 saturated heterocycles. The number of hydrogen-bond donors (Lipinski definition) is 2. The molecule has 0 bridgehead atoms. The largest absolute Gasteiger partial charge is 0.378 e. The first-order chi connectivity index (χ1) is 8.56. The standard InChI is InChI=1S/C11H22N2O4S/c1-9(2)17-8-10(14)12-4-6-16-7-5-13-11(15)18-3/h9H,4-8H2,1-3H3,(H,12,14)(H,13,15). The average molecular weight is 278 g/mol. The second kappa shape index (κ2) is 11.3. The Labute approximate surface area is 112 Å². The highest BCUT2D eigenvalue weighted by atomic mass is 32.2.